The summed E-state index contributed by atoms with van der Waals surface area (Å²) in [5.74, 6) is 1.81. The van der Waals surface area contributed by atoms with Gasteiger partial charge in [0.05, 0.1) is 12.2 Å². The number of likely N-dealkylation sites (tertiary alicyclic amines) is 1. The lowest BCUT2D eigenvalue weighted by Gasteiger charge is -2.41. The Balaban J connectivity index is 1.94. The maximum Gasteiger partial charge on any atom is 0.194 e. The third kappa shape index (κ3) is 4.22. The summed E-state index contributed by atoms with van der Waals surface area (Å²) in [5.41, 5.74) is 1.32. The molecule has 2 heterocycles. The van der Waals surface area contributed by atoms with Crippen LogP contribution in [0.1, 0.15) is 51.0 Å². The predicted molar refractivity (Wildman–Crippen MR) is 85.3 cm³/mol. The topological polar surface area (TPSA) is 53.7 Å². The van der Waals surface area contributed by atoms with Crippen LogP contribution in [0, 0.1) is 12.3 Å². The molecule has 0 bridgehead atoms. The second kappa shape index (κ2) is 6.96. The van der Waals surface area contributed by atoms with Crippen LogP contribution in [0.5, 0.6) is 0 Å². The fourth-order valence-corrected chi connectivity index (χ4v) is 3.30. The number of aryl methyl sites for hydroxylation is 1. The van der Waals surface area contributed by atoms with Gasteiger partial charge in [-0.3, -0.25) is 4.99 Å². The van der Waals surface area contributed by atoms with Gasteiger partial charge in [-0.1, -0.05) is 25.4 Å². The molecule has 1 aromatic heterocycles. The highest BCUT2D eigenvalue weighted by molar-refractivity contribution is 5.80. The molecule has 1 fully saturated rings. The molecule has 1 atom stereocenters. The van der Waals surface area contributed by atoms with E-state index in [0.29, 0.717) is 12.0 Å². The van der Waals surface area contributed by atoms with Crippen LogP contribution in [0.25, 0.3) is 0 Å². The summed E-state index contributed by atoms with van der Waals surface area (Å²) in [6.45, 7) is 9.39. The molecule has 0 saturated carbocycles. The van der Waals surface area contributed by atoms with Gasteiger partial charge in [-0.05, 0) is 31.6 Å². The Morgan fingerprint density at radius 3 is 3.00 bits per heavy atom. The van der Waals surface area contributed by atoms with E-state index in [0.717, 1.165) is 30.5 Å². The maximum absolute atomic E-state index is 5.24. The van der Waals surface area contributed by atoms with Crippen molar-refractivity contribution in [3.05, 3.63) is 17.5 Å². The summed E-state index contributed by atoms with van der Waals surface area (Å²) in [4.78, 5) is 6.81. The van der Waals surface area contributed by atoms with Crippen LogP contribution < -0.4 is 5.32 Å². The van der Waals surface area contributed by atoms with Crippen molar-refractivity contribution >= 4 is 5.96 Å². The SMILES string of the molecule is CCCC1(C)CCCN(C(=NC)NCc2cc(C)no2)C1. The largest absolute Gasteiger partial charge is 0.359 e. The molecule has 1 unspecified atom stereocenters. The first-order valence-electron chi connectivity index (χ1n) is 7.94. The Bertz CT molecular complexity index is 478. The first-order valence-corrected chi connectivity index (χ1v) is 7.94. The number of aromatic nitrogens is 1. The van der Waals surface area contributed by atoms with Gasteiger partial charge in [0.2, 0.25) is 0 Å². The molecule has 1 aromatic rings. The number of piperidine rings is 1. The maximum atomic E-state index is 5.24. The molecule has 5 heteroatoms. The van der Waals surface area contributed by atoms with Gasteiger partial charge in [0.1, 0.15) is 0 Å². The average molecular weight is 292 g/mol. The van der Waals surface area contributed by atoms with Crippen molar-refractivity contribution < 1.29 is 4.52 Å². The summed E-state index contributed by atoms with van der Waals surface area (Å²) >= 11 is 0. The molecule has 0 radical (unpaired) electrons. The van der Waals surface area contributed by atoms with Crippen LogP contribution in [0.2, 0.25) is 0 Å². The van der Waals surface area contributed by atoms with Crippen LogP contribution in [-0.2, 0) is 6.54 Å². The van der Waals surface area contributed by atoms with Crippen molar-refractivity contribution in [2.75, 3.05) is 20.1 Å². The highest BCUT2D eigenvalue weighted by Crippen LogP contribution is 2.33. The van der Waals surface area contributed by atoms with Crippen LogP contribution in [0.15, 0.2) is 15.6 Å². The quantitative estimate of drug-likeness (QED) is 0.685. The van der Waals surface area contributed by atoms with Crippen molar-refractivity contribution in [1.29, 1.82) is 0 Å². The molecule has 21 heavy (non-hydrogen) atoms. The van der Waals surface area contributed by atoms with E-state index in [4.69, 9.17) is 4.52 Å². The van der Waals surface area contributed by atoms with Gasteiger partial charge in [0, 0.05) is 26.2 Å². The molecule has 0 aromatic carbocycles. The Labute approximate surface area is 127 Å². The number of nitrogens with zero attached hydrogens (tertiary/aromatic N) is 3. The van der Waals surface area contributed by atoms with Gasteiger partial charge in [-0.25, -0.2) is 0 Å². The minimum Gasteiger partial charge on any atom is -0.359 e. The van der Waals surface area contributed by atoms with Gasteiger partial charge in [0.25, 0.3) is 0 Å². The monoisotopic (exact) mass is 292 g/mol. The van der Waals surface area contributed by atoms with Crippen LogP contribution in [0.3, 0.4) is 0 Å². The van der Waals surface area contributed by atoms with Crippen molar-refractivity contribution in [3.63, 3.8) is 0 Å². The van der Waals surface area contributed by atoms with E-state index < -0.39 is 0 Å². The van der Waals surface area contributed by atoms with Crippen molar-refractivity contribution in [1.82, 2.24) is 15.4 Å². The van der Waals surface area contributed by atoms with E-state index in [1.807, 2.05) is 20.0 Å². The fraction of sp³-hybridized carbons (Fsp3) is 0.750. The van der Waals surface area contributed by atoms with Gasteiger partial charge in [-0.2, -0.15) is 0 Å². The summed E-state index contributed by atoms with van der Waals surface area (Å²) in [5, 5.41) is 7.30. The minimum atomic E-state index is 0.410. The van der Waals surface area contributed by atoms with E-state index in [1.165, 1.54) is 25.7 Å². The van der Waals surface area contributed by atoms with Crippen LogP contribution in [-0.4, -0.2) is 36.2 Å². The lowest BCUT2D eigenvalue weighted by atomic mass is 9.78. The number of hydrogen-bond acceptors (Lipinski definition) is 3. The molecule has 0 amide bonds. The number of guanidine groups is 1. The zero-order valence-corrected chi connectivity index (χ0v) is 13.8. The van der Waals surface area contributed by atoms with Gasteiger partial charge >= 0.3 is 0 Å². The zero-order chi connectivity index (χ0) is 15.3. The molecular formula is C16H28N4O. The molecule has 2 rings (SSSR count). The number of nitrogens with one attached hydrogen (secondary N) is 1. The standard InChI is InChI=1S/C16H28N4O/c1-5-7-16(3)8-6-9-20(12-16)15(17-4)18-11-14-10-13(2)19-21-14/h10H,5-9,11-12H2,1-4H3,(H,17,18). The van der Waals surface area contributed by atoms with Crippen LogP contribution >= 0.6 is 0 Å². The Hall–Kier alpha value is -1.52. The lowest BCUT2D eigenvalue weighted by Crippen LogP contribution is -2.49. The number of aliphatic imine (C=N–C) groups is 1. The molecule has 5 nitrogen and oxygen atoms in total. The molecule has 0 aliphatic carbocycles. The van der Waals surface area contributed by atoms with E-state index in [2.05, 4.69) is 34.2 Å². The predicted octanol–water partition coefficient (Wildman–Crippen LogP) is 2.96. The van der Waals surface area contributed by atoms with Gasteiger partial charge < -0.3 is 14.7 Å². The van der Waals surface area contributed by atoms with E-state index >= 15 is 0 Å². The number of hydrogen-bond donors (Lipinski definition) is 1. The molecule has 1 aliphatic heterocycles. The first-order chi connectivity index (χ1) is 10.1. The van der Waals surface area contributed by atoms with Crippen molar-refractivity contribution in [2.24, 2.45) is 10.4 Å². The van der Waals surface area contributed by atoms with E-state index in [1.54, 1.807) is 0 Å². The molecular weight excluding hydrogens is 264 g/mol. The third-order valence-corrected chi connectivity index (χ3v) is 4.24. The minimum absolute atomic E-state index is 0.410. The lowest BCUT2D eigenvalue weighted by molar-refractivity contribution is 0.142. The molecule has 1 saturated heterocycles. The van der Waals surface area contributed by atoms with Crippen molar-refractivity contribution in [2.45, 2.75) is 53.0 Å². The van der Waals surface area contributed by atoms with Crippen molar-refractivity contribution in [3.8, 4) is 0 Å². The molecule has 1 N–H and O–H groups in total. The van der Waals surface area contributed by atoms with Gasteiger partial charge in [-0.15, -0.1) is 0 Å². The summed E-state index contributed by atoms with van der Waals surface area (Å²) < 4.78 is 5.24. The molecule has 1 aliphatic rings. The summed E-state index contributed by atoms with van der Waals surface area (Å²) in [7, 11) is 1.85. The highest BCUT2D eigenvalue weighted by Gasteiger charge is 2.31. The highest BCUT2D eigenvalue weighted by atomic mass is 16.5. The second-order valence-corrected chi connectivity index (χ2v) is 6.42. The third-order valence-electron chi connectivity index (χ3n) is 4.24. The number of rotatable bonds is 4. The zero-order valence-electron chi connectivity index (χ0n) is 13.8. The first kappa shape index (κ1) is 15.9. The average Bonchev–Trinajstić information content (AvgIpc) is 2.85. The van der Waals surface area contributed by atoms with E-state index in [-0.39, 0.29) is 0 Å². The van der Waals surface area contributed by atoms with Crippen LogP contribution in [0.4, 0.5) is 0 Å². The smallest absolute Gasteiger partial charge is 0.194 e. The Kier molecular flexibility index (Phi) is 5.26. The molecule has 0 spiro atoms. The second-order valence-electron chi connectivity index (χ2n) is 6.42. The fourth-order valence-electron chi connectivity index (χ4n) is 3.30. The van der Waals surface area contributed by atoms with E-state index in [9.17, 15) is 0 Å². The Morgan fingerprint density at radius 2 is 2.38 bits per heavy atom. The normalized spacial score (nSPS) is 23.4. The Morgan fingerprint density at radius 1 is 1.57 bits per heavy atom. The molecule has 118 valence electrons. The summed E-state index contributed by atoms with van der Waals surface area (Å²) in [6.07, 6.45) is 5.07. The summed E-state index contributed by atoms with van der Waals surface area (Å²) in [6, 6.07) is 1.96. The van der Waals surface area contributed by atoms with Gasteiger partial charge in [0.15, 0.2) is 11.7 Å².